The number of hydrogen-bond acceptors (Lipinski definition) is 4. The summed E-state index contributed by atoms with van der Waals surface area (Å²) in [5, 5.41) is 5.96. The van der Waals surface area contributed by atoms with Crippen molar-refractivity contribution in [1.82, 2.24) is 5.43 Å². The molecule has 0 heterocycles. The van der Waals surface area contributed by atoms with Crippen LogP contribution >= 0.6 is 15.9 Å². The summed E-state index contributed by atoms with van der Waals surface area (Å²) in [5.41, 5.74) is 3.89. The van der Waals surface area contributed by atoms with Crippen molar-refractivity contribution in [2.75, 3.05) is 13.7 Å². The van der Waals surface area contributed by atoms with Crippen molar-refractivity contribution in [3.05, 3.63) is 82.9 Å². The predicted molar refractivity (Wildman–Crippen MR) is 115 cm³/mol. The highest BCUT2D eigenvalue weighted by Crippen LogP contribution is 2.36. The van der Waals surface area contributed by atoms with Crippen molar-refractivity contribution in [3.63, 3.8) is 0 Å². The number of ether oxygens (including phenoxy) is 2. The fraction of sp³-hybridized carbons (Fsp3) is 0.0909. The zero-order valence-corrected chi connectivity index (χ0v) is 16.9. The lowest BCUT2D eigenvalue weighted by atomic mass is 10.0. The molecular formula is C22H19BrN2O3. The molecule has 142 valence electrons. The number of hydrazone groups is 1. The van der Waals surface area contributed by atoms with Crippen molar-refractivity contribution in [2.24, 2.45) is 5.10 Å². The zero-order valence-electron chi connectivity index (χ0n) is 15.3. The second kappa shape index (κ2) is 9.19. The summed E-state index contributed by atoms with van der Waals surface area (Å²) < 4.78 is 11.7. The molecule has 1 N–H and O–H groups in total. The molecule has 0 atom stereocenters. The van der Waals surface area contributed by atoms with Crippen LogP contribution in [0.3, 0.4) is 0 Å². The van der Waals surface area contributed by atoms with Crippen LogP contribution in [0.1, 0.15) is 15.9 Å². The molecule has 0 aromatic heterocycles. The number of nitrogens with zero attached hydrogens (tertiary/aromatic N) is 1. The van der Waals surface area contributed by atoms with E-state index in [1.54, 1.807) is 31.5 Å². The molecule has 1 amide bonds. The smallest absolute Gasteiger partial charge is 0.271 e. The lowest BCUT2D eigenvalue weighted by Crippen LogP contribution is -2.17. The van der Waals surface area contributed by atoms with Crippen molar-refractivity contribution in [1.29, 1.82) is 0 Å². The lowest BCUT2D eigenvalue weighted by Gasteiger charge is -2.12. The van der Waals surface area contributed by atoms with E-state index in [0.717, 1.165) is 20.8 Å². The van der Waals surface area contributed by atoms with Gasteiger partial charge in [-0.15, -0.1) is 0 Å². The molecule has 28 heavy (non-hydrogen) atoms. The van der Waals surface area contributed by atoms with Gasteiger partial charge in [-0.2, -0.15) is 5.10 Å². The molecule has 0 radical (unpaired) electrons. The molecule has 0 unspecified atom stereocenters. The second-order valence-electron chi connectivity index (χ2n) is 5.86. The van der Waals surface area contributed by atoms with Crippen molar-refractivity contribution in [3.8, 4) is 11.5 Å². The van der Waals surface area contributed by atoms with Crippen LogP contribution < -0.4 is 14.9 Å². The van der Waals surface area contributed by atoms with Crippen LogP contribution in [0.4, 0.5) is 0 Å². The summed E-state index contributed by atoms with van der Waals surface area (Å²) in [6.07, 6.45) is 3.21. The monoisotopic (exact) mass is 438 g/mol. The van der Waals surface area contributed by atoms with Crippen LogP contribution in [0.25, 0.3) is 10.8 Å². The molecule has 0 bridgehead atoms. The Labute approximate surface area is 171 Å². The number of amides is 1. The lowest BCUT2D eigenvalue weighted by molar-refractivity contribution is 0.0957. The van der Waals surface area contributed by atoms with E-state index < -0.39 is 0 Å². The van der Waals surface area contributed by atoms with E-state index in [9.17, 15) is 4.79 Å². The van der Waals surface area contributed by atoms with Gasteiger partial charge in [0.25, 0.3) is 5.91 Å². The fourth-order valence-corrected chi connectivity index (χ4v) is 3.32. The SMILES string of the molecule is C=CCOc1c(Br)cc(/C=N/NC(=O)c2cccc3ccccc23)cc1OC. The summed E-state index contributed by atoms with van der Waals surface area (Å²) in [4.78, 5) is 12.5. The molecule has 0 saturated heterocycles. The Morgan fingerprint density at radius 3 is 2.79 bits per heavy atom. The molecule has 0 aliphatic heterocycles. The third kappa shape index (κ3) is 4.40. The third-order valence-electron chi connectivity index (χ3n) is 4.01. The molecule has 3 aromatic carbocycles. The van der Waals surface area contributed by atoms with Crippen LogP contribution in [0.15, 0.2) is 76.8 Å². The summed E-state index contributed by atoms with van der Waals surface area (Å²) >= 11 is 3.47. The highest BCUT2D eigenvalue weighted by atomic mass is 79.9. The molecule has 0 aliphatic carbocycles. The summed E-state index contributed by atoms with van der Waals surface area (Å²) in [7, 11) is 1.56. The number of rotatable bonds is 7. The van der Waals surface area contributed by atoms with Gasteiger partial charge in [0.1, 0.15) is 6.61 Å². The van der Waals surface area contributed by atoms with Gasteiger partial charge < -0.3 is 9.47 Å². The summed E-state index contributed by atoms with van der Waals surface area (Å²) in [6.45, 7) is 4.00. The van der Waals surface area contributed by atoms with E-state index in [1.165, 1.54) is 0 Å². The summed E-state index contributed by atoms with van der Waals surface area (Å²) in [6, 6.07) is 16.9. The van der Waals surface area contributed by atoms with Crippen LogP contribution in [0.2, 0.25) is 0 Å². The Balaban J connectivity index is 1.77. The van der Waals surface area contributed by atoms with Gasteiger partial charge in [0.2, 0.25) is 0 Å². The fourth-order valence-electron chi connectivity index (χ4n) is 2.75. The van der Waals surface area contributed by atoms with Gasteiger partial charge in [-0.05, 0) is 50.5 Å². The highest BCUT2D eigenvalue weighted by molar-refractivity contribution is 9.10. The first kappa shape index (κ1) is 19.6. The first-order chi connectivity index (χ1) is 13.6. The summed E-state index contributed by atoms with van der Waals surface area (Å²) in [5.74, 6) is 0.863. The van der Waals surface area contributed by atoms with Crippen molar-refractivity contribution >= 4 is 38.8 Å². The molecule has 0 saturated carbocycles. The molecule has 3 aromatic rings. The Bertz CT molecular complexity index is 1040. The number of hydrogen-bond donors (Lipinski definition) is 1. The van der Waals surface area contributed by atoms with Gasteiger partial charge in [0.05, 0.1) is 17.8 Å². The van der Waals surface area contributed by atoms with Crippen LogP contribution in [-0.2, 0) is 0 Å². The first-order valence-electron chi connectivity index (χ1n) is 8.56. The molecule has 5 nitrogen and oxygen atoms in total. The van der Waals surface area contributed by atoms with Crippen LogP contribution in [0, 0.1) is 0 Å². The quantitative estimate of drug-likeness (QED) is 0.322. The maximum Gasteiger partial charge on any atom is 0.271 e. The maximum atomic E-state index is 12.5. The number of fused-ring (bicyclic) bond motifs is 1. The normalized spacial score (nSPS) is 10.8. The molecule has 6 heteroatoms. The number of benzene rings is 3. The minimum atomic E-state index is -0.273. The van der Waals surface area contributed by atoms with E-state index >= 15 is 0 Å². The topological polar surface area (TPSA) is 59.9 Å². The zero-order chi connectivity index (χ0) is 19.9. The third-order valence-corrected chi connectivity index (χ3v) is 4.60. The van der Waals surface area contributed by atoms with Gasteiger partial charge in [-0.25, -0.2) is 5.43 Å². The van der Waals surface area contributed by atoms with Gasteiger partial charge >= 0.3 is 0 Å². The standard InChI is InChI=1S/C22H19BrN2O3/c1-3-11-28-21-19(23)12-15(13-20(21)27-2)14-24-25-22(26)18-10-6-8-16-7-4-5-9-17(16)18/h3-10,12-14H,1,11H2,2H3,(H,25,26)/b24-14+. The minimum absolute atomic E-state index is 0.273. The number of carbonyl (C=O) groups is 1. The van der Waals surface area contributed by atoms with Gasteiger partial charge in [-0.1, -0.05) is 49.1 Å². The number of nitrogens with one attached hydrogen (secondary N) is 1. The molecule has 0 aliphatic rings. The van der Waals surface area contributed by atoms with E-state index in [4.69, 9.17) is 9.47 Å². The predicted octanol–water partition coefficient (Wildman–Crippen LogP) is 4.94. The van der Waals surface area contributed by atoms with E-state index in [-0.39, 0.29) is 5.91 Å². The Morgan fingerprint density at radius 2 is 2.00 bits per heavy atom. The van der Waals surface area contributed by atoms with Gasteiger partial charge in [0, 0.05) is 5.56 Å². The van der Waals surface area contributed by atoms with E-state index in [1.807, 2.05) is 42.5 Å². The van der Waals surface area contributed by atoms with Gasteiger partial charge in [-0.3, -0.25) is 4.79 Å². The number of halogens is 1. The molecule has 0 spiro atoms. The Morgan fingerprint density at radius 1 is 1.21 bits per heavy atom. The second-order valence-corrected chi connectivity index (χ2v) is 6.71. The highest BCUT2D eigenvalue weighted by Gasteiger charge is 2.11. The average Bonchev–Trinajstić information content (AvgIpc) is 2.72. The van der Waals surface area contributed by atoms with E-state index in [2.05, 4.69) is 33.0 Å². The first-order valence-corrected chi connectivity index (χ1v) is 9.35. The van der Waals surface area contributed by atoms with Crippen molar-refractivity contribution in [2.45, 2.75) is 0 Å². The number of methoxy groups -OCH3 is 1. The molecular weight excluding hydrogens is 420 g/mol. The largest absolute Gasteiger partial charge is 0.493 e. The Hall–Kier alpha value is -3.12. The average molecular weight is 439 g/mol. The van der Waals surface area contributed by atoms with Crippen LogP contribution in [0.5, 0.6) is 11.5 Å². The Kier molecular flexibility index (Phi) is 6.45. The maximum absolute atomic E-state index is 12.5. The van der Waals surface area contributed by atoms with Gasteiger partial charge in [0.15, 0.2) is 11.5 Å². The van der Waals surface area contributed by atoms with Crippen LogP contribution in [-0.4, -0.2) is 25.8 Å². The minimum Gasteiger partial charge on any atom is -0.493 e. The van der Waals surface area contributed by atoms with E-state index in [0.29, 0.717) is 23.7 Å². The molecule has 0 fully saturated rings. The number of carbonyl (C=O) groups excluding carboxylic acids is 1. The molecule has 3 rings (SSSR count). The van der Waals surface area contributed by atoms with Crippen molar-refractivity contribution < 1.29 is 14.3 Å².